The molecule has 8 nitrogen and oxygen atoms in total. The molecule has 26 heavy (non-hydrogen) atoms. The van der Waals surface area contributed by atoms with Crippen molar-refractivity contribution in [2.75, 3.05) is 18.5 Å². The zero-order valence-corrected chi connectivity index (χ0v) is 15.2. The Morgan fingerprint density at radius 2 is 1.96 bits per heavy atom. The monoisotopic (exact) mass is 357 g/mol. The van der Waals surface area contributed by atoms with Crippen LogP contribution in [0.5, 0.6) is 0 Å². The topological polar surface area (TPSA) is 94.1 Å². The molecule has 8 heteroatoms. The van der Waals surface area contributed by atoms with Crippen LogP contribution in [0.15, 0.2) is 33.9 Å². The number of rotatable bonds is 6. The quantitative estimate of drug-likeness (QED) is 0.630. The highest BCUT2D eigenvalue weighted by molar-refractivity contribution is 5.74. The van der Waals surface area contributed by atoms with Crippen molar-refractivity contribution < 1.29 is 5.11 Å². The molecule has 0 spiro atoms. The fourth-order valence-electron chi connectivity index (χ4n) is 3.01. The first-order valence-electron chi connectivity index (χ1n) is 8.50. The van der Waals surface area contributed by atoms with Crippen molar-refractivity contribution in [1.82, 2.24) is 18.7 Å². The molecule has 0 aliphatic heterocycles. The molecule has 0 aliphatic carbocycles. The highest BCUT2D eigenvalue weighted by Gasteiger charge is 2.19. The second kappa shape index (κ2) is 7.17. The van der Waals surface area contributed by atoms with Gasteiger partial charge in [0, 0.05) is 27.2 Å². The van der Waals surface area contributed by atoms with Crippen LogP contribution in [0.2, 0.25) is 0 Å². The van der Waals surface area contributed by atoms with Gasteiger partial charge in [-0.05, 0) is 18.9 Å². The van der Waals surface area contributed by atoms with Gasteiger partial charge in [0.2, 0.25) is 5.95 Å². The largest absolute Gasteiger partial charge is 0.396 e. The molecule has 3 aromatic rings. The summed E-state index contributed by atoms with van der Waals surface area (Å²) in [5.41, 5.74) is 2.09. The van der Waals surface area contributed by atoms with E-state index in [9.17, 15) is 9.59 Å². The van der Waals surface area contributed by atoms with Crippen molar-refractivity contribution in [2.24, 2.45) is 14.1 Å². The van der Waals surface area contributed by atoms with Gasteiger partial charge in [-0.15, -0.1) is 0 Å². The standard InChI is InChI=1S/C18H23N5O3/c1-12-6-4-7-13(10-12)11-23-14-15(20-17(23)19-8-5-9-24)21(2)18(26)22(3)16(14)25/h4,6-7,10,24H,5,8-9,11H2,1-3H3,(H,19,20). The molecule has 0 fully saturated rings. The molecule has 0 aliphatic rings. The third-order valence-corrected chi connectivity index (χ3v) is 4.39. The summed E-state index contributed by atoms with van der Waals surface area (Å²) in [6.45, 7) is 3.04. The second-order valence-electron chi connectivity index (χ2n) is 6.39. The van der Waals surface area contributed by atoms with Crippen LogP contribution in [0.3, 0.4) is 0 Å². The van der Waals surface area contributed by atoms with Crippen LogP contribution in [0.4, 0.5) is 5.95 Å². The molecule has 1 aromatic carbocycles. The molecule has 0 unspecified atom stereocenters. The number of aliphatic hydroxyl groups is 1. The summed E-state index contributed by atoms with van der Waals surface area (Å²) < 4.78 is 4.26. The summed E-state index contributed by atoms with van der Waals surface area (Å²) in [4.78, 5) is 29.4. The van der Waals surface area contributed by atoms with Crippen LogP contribution in [-0.4, -0.2) is 36.9 Å². The zero-order valence-electron chi connectivity index (χ0n) is 15.2. The molecule has 2 aromatic heterocycles. The van der Waals surface area contributed by atoms with Gasteiger partial charge in [0.05, 0.1) is 6.54 Å². The predicted octanol–water partition coefficient (Wildman–Crippen LogP) is 0.585. The molecule has 0 amide bonds. The lowest BCUT2D eigenvalue weighted by atomic mass is 10.1. The van der Waals surface area contributed by atoms with Gasteiger partial charge in [-0.1, -0.05) is 29.8 Å². The van der Waals surface area contributed by atoms with Crippen molar-refractivity contribution in [3.05, 3.63) is 56.2 Å². The lowest BCUT2D eigenvalue weighted by molar-refractivity contribution is 0.292. The number of nitrogens with zero attached hydrogens (tertiary/aromatic N) is 4. The molecule has 2 heterocycles. The van der Waals surface area contributed by atoms with Gasteiger partial charge in [-0.3, -0.25) is 18.5 Å². The van der Waals surface area contributed by atoms with Crippen LogP contribution in [0, 0.1) is 6.92 Å². The minimum absolute atomic E-state index is 0.0609. The lowest BCUT2D eigenvalue weighted by Gasteiger charge is -2.11. The summed E-state index contributed by atoms with van der Waals surface area (Å²) in [6, 6.07) is 8.02. The molecular formula is C18H23N5O3. The van der Waals surface area contributed by atoms with Crippen molar-refractivity contribution in [1.29, 1.82) is 0 Å². The van der Waals surface area contributed by atoms with Crippen LogP contribution in [0.1, 0.15) is 17.5 Å². The van der Waals surface area contributed by atoms with Crippen LogP contribution >= 0.6 is 0 Å². The Morgan fingerprint density at radius 1 is 1.19 bits per heavy atom. The van der Waals surface area contributed by atoms with Gasteiger partial charge in [-0.2, -0.15) is 4.98 Å². The van der Waals surface area contributed by atoms with Gasteiger partial charge >= 0.3 is 5.69 Å². The van der Waals surface area contributed by atoms with Crippen molar-refractivity contribution >= 4 is 17.1 Å². The number of aryl methyl sites for hydroxylation is 2. The Morgan fingerprint density at radius 3 is 2.65 bits per heavy atom. The van der Waals surface area contributed by atoms with E-state index in [2.05, 4.69) is 16.4 Å². The smallest absolute Gasteiger partial charge is 0.332 e. The maximum Gasteiger partial charge on any atom is 0.332 e. The summed E-state index contributed by atoms with van der Waals surface area (Å²) >= 11 is 0. The Labute approximate surface area is 150 Å². The molecule has 2 N–H and O–H groups in total. The number of anilines is 1. The SMILES string of the molecule is Cc1cccc(Cn2c(NCCCO)nc3c2c(=O)n(C)c(=O)n3C)c1. The maximum absolute atomic E-state index is 12.7. The average molecular weight is 357 g/mol. The van der Waals surface area contributed by atoms with Gasteiger partial charge in [0.25, 0.3) is 5.56 Å². The lowest BCUT2D eigenvalue weighted by Crippen LogP contribution is -2.37. The first kappa shape index (κ1) is 17.9. The molecule has 138 valence electrons. The van der Waals surface area contributed by atoms with Gasteiger partial charge < -0.3 is 10.4 Å². The zero-order chi connectivity index (χ0) is 18.8. The molecule has 0 bridgehead atoms. The summed E-state index contributed by atoms with van der Waals surface area (Å²) in [5, 5.41) is 12.2. The van der Waals surface area contributed by atoms with Crippen LogP contribution < -0.4 is 16.6 Å². The van der Waals surface area contributed by atoms with E-state index in [-0.39, 0.29) is 12.2 Å². The number of aromatic nitrogens is 4. The number of nitrogens with one attached hydrogen (secondary N) is 1. The van der Waals surface area contributed by atoms with E-state index in [0.717, 1.165) is 15.7 Å². The van der Waals surface area contributed by atoms with E-state index >= 15 is 0 Å². The van der Waals surface area contributed by atoms with E-state index in [0.29, 0.717) is 36.6 Å². The highest BCUT2D eigenvalue weighted by atomic mass is 16.3. The predicted molar refractivity (Wildman–Crippen MR) is 101 cm³/mol. The fourth-order valence-corrected chi connectivity index (χ4v) is 3.01. The normalized spacial score (nSPS) is 11.2. The van der Waals surface area contributed by atoms with E-state index in [1.54, 1.807) is 11.6 Å². The van der Waals surface area contributed by atoms with E-state index in [1.165, 1.54) is 11.6 Å². The van der Waals surface area contributed by atoms with Crippen LogP contribution in [-0.2, 0) is 20.6 Å². The Hall–Kier alpha value is -2.87. The molecular weight excluding hydrogens is 334 g/mol. The van der Waals surface area contributed by atoms with Crippen LogP contribution in [0.25, 0.3) is 11.2 Å². The number of hydrogen-bond donors (Lipinski definition) is 2. The Kier molecular flexibility index (Phi) is 4.94. The second-order valence-corrected chi connectivity index (χ2v) is 6.39. The number of benzene rings is 1. The summed E-state index contributed by atoms with van der Waals surface area (Å²) in [6.07, 6.45) is 0.560. The third kappa shape index (κ3) is 3.15. The molecule has 3 rings (SSSR count). The first-order chi connectivity index (χ1) is 12.4. The first-order valence-corrected chi connectivity index (χ1v) is 8.50. The number of fused-ring (bicyclic) bond motifs is 1. The Bertz CT molecular complexity index is 1060. The third-order valence-electron chi connectivity index (χ3n) is 4.39. The minimum atomic E-state index is -0.412. The van der Waals surface area contributed by atoms with Crippen molar-refractivity contribution in [3.8, 4) is 0 Å². The minimum Gasteiger partial charge on any atom is -0.396 e. The fraction of sp³-hybridized carbons (Fsp3) is 0.389. The molecule has 0 saturated heterocycles. The van der Waals surface area contributed by atoms with Gasteiger partial charge in [0.15, 0.2) is 11.2 Å². The number of imidazole rings is 1. The average Bonchev–Trinajstić information content (AvgIpc) is 2.97. The molecule has 0 saturated carbocycles. The van der Waals surface area contributed by atoms with Gasteiger partial charge in [0.1, 0.15) is 0 Å². The van der Waals surface area contributed by atoms with Gasteiger partial charge in [-0.25, -0.2) is 4.79 Å². The molecule has 0 radical (unpaired) electrons. The van der Waals surface area contributed by atoms with Crippen molar-refractivity contribution in [3.63, 3.8) is 0 Å². The Balaban J connectivity index is 2.21. The van der Waals surface area contributed by atoms with Crippen molar-refractivity contribution in [2.45, 2.75) is 19.9 Å². The molecule has 0 atom stereocenters. The summed E-state index contributed by atoms with van der Waals surface area (Å²) in [7, 11) is 3.07. The van der Waals surface area contributed by atoms with E-state index < -0.39 is 5.69 Å². The van der Waals surface area contributed by atoms with E-state index in [4.69, 9.17) is 5.11 Å². The maximum atomic E-state index is 12.7. The number of hydrogen-bond acceptors (Lipinski definition) is 5. The van der Waals surface area contributed by atoms with E-state index in [1.807, 2.05) is 25.1 Å². The highest BCUT2D eigenvalue weighted by Crippen LogP contribution is 2.18. The number of aliphatic hydroxyl groups excluding tert-OH is 1. The summed E-state index contributed by atoms with van der Waals surface area (Å²) in [5.74, 6) is 0.508.